The van der Waals surface area contributed by atoms with Crippen molar-refractivity contribution in [3.8, 4) is 5.75 Å². The topological polar surface area (TPSA) is 75.5 Å². The molecule has 4 rings (SSSR count). The predicted octanol–water partition coefficient (Wildman–Crippen LogP) is 3.50. The molecule has 0 saturated carbocycles. The van der Waals surface area contributed by atoms with Crippen LogP contribution in [0.25, 0.3) is 11.0 Å². The van der Waals surface area contributed by atoms with Crippen LogP contribution >= 0.6 is 11.6 Å². The number of methoxy groups -OCH3 is 1. The van der Waals surface area contributed by atoms with Crippen LogP contribution in [0.15, 0.2) is 30.6 Å². The number of likely N-dealkylation sites (tertiary alicyclic amines) is 1. The van der Waals surface area contributed by atoms with Gasteiger partial charge in [0, 0.05) is 38.4 Å². The summed E-state index contributed by atoms with van der Waals surface area (Å²) < 4.78 is 7.07. The first-order valence-electron chi connectivity index (χ1n) is 10.8. The van der Waals surface area contributed by atoms with E-state index >= 15 is 0 Å². The third-order valence-electron chi connectivity index (χ3n) is 6.06. The SMILES string of the molecule is CCn1ncc2c(NCc3ccc(OC)c(Cl)c3)c(C(=O)N3CC[C@H](N(C)C)C3)cnc21. The molecule has 1 aliphatic rings. The first kappa shape index (κ1) is 22.4. The Balaban J connectivity index is 1.66. The number of nitrogens with zero attached hydrogens (tertiary/aromatic N) is 5. The van der Waals surface area contributed by atoms with Crippen LogP contribution in [0.5, 0.6) is 5.75 Å². The van der Waals surface area contributed by atoms with Gasteiger partial charge in [0.25, 0.3) is 5.91 Å². The molecule has 0 bridgehead atoms. The van der Waals surface area contributed by atoms with Crippen molar-refractivity contribution in [3.63, 3.8) is 0 Å². The lowest BCUT2D eigenvalue weighted by atomic mass is 10.1. The molecule has 0 spiro atoms. The molecule has 32 heavy (non-hydrogen) atoms. The zero-order valence-corrected chi connectivity index (χ0v) is 19.7. The number of rotatable bonds is 7. The third kappa shape index (κ3) is 4.25. The minimum absolute atomic E-state index is 0.0109. The summed E-state index contributed by atoms with van der Waals surface area (Å²) in [7, 11) is 5.70. The average Bonchev–Trinajstić information content (AvgIpc) is 3.44. The molecule has 3 aromatic rings. The number of pyridine rings is 1. The van der Waals surface area contributed by atoms with E-state index in [0.29, 0.717) is 42.0 Å². The maximum Gasteiger partial charge on any atom is 0.257 e. The van der Waals surface area contributed by atoms with E-state index in [4.69, 9.17) is 16.3 Å². The largest absolute Gasteiger partial charge is 0.495 e. The summed E-state index contributed by atoms with van der Waals surface area (Å²) in [6.07, 6.45) is 4.42. The molecule has 0 radical (unpaired) electrons. The summed E-state index contributed by atoms with van der Waals surface area (Å²) >= 11 is 6.29. The van der Waals surface area contributed by atoms with Crippen molar-refractivity contribution < 1.29 is 9.53 Å². The monoisotopic (exact) mass is 456 g/mol. The lowest BCUT2D eigenvalue weighted by Gasteiger charge is -2.22. The molecule has 1 N–H and O–H groups in total. The van der Waals surface area contributed by atoms with Crippen LogP contribution < -0.4 is 10.1 Å². The molecule has 1 amide bonds. The summed E-state index contributed by atoms with van der Waals surface area (Å²) in [5.41, 5.74) is 3.05. The normalized spacial score (nSPS) is 16.2. The number of halogens is 1. The molecule has 2 aromatic heterocycles. The van der Waals surface area contributed by atoms with E-state index < -0.39 is 0 Å². The Kier molecular flexibility index (Phi) is 6.53. The first-order chi connectivity index (χ1) is 15.4. The van der Waals surface area contributed by atoms with Crippen LogP contribution in [-0.4, -0.2) is 70.8 Å². The second kappa shape index (κ2) is 9.34. The Labute approximate surface area is 193 Å². The van der Waals surface area contributed by atoms with Crippen molar-refractivity contribution in [1.82, 2.24) is 24.6 Å². The number of amides is 1. The van der Waals surface area contributed by atoms with Crippen molar-refractivity contribution in [2.24, 2.45) is 0 Å². The van der Waals surface area contributed by atoms with E-state index in [9.17, 15) is 4.79 Å². The van der Waals surface area contributed by atoms with Gasteiger partial charge in [-0.15, -0.1) is 0 Å². The van der Waals surface area contributed by atoms with Gasteiger partial charge in [0.1, 0.15) is 5.75 Å². The first-order valence-corrected chi connectivity index (χ1v) is 11.2. The van der Waals surface area contributed by atoms with Crippen LogP contribution in [0.3, 0.4) is 0 Å². The van der Waals surface area contributed by atoms with Crippen LogP contribution in [0.2, 0.25) is 5.02 Å². The number of likely N-dealkylation sites (N-methyl/N-ethyl adjacent to an activating group) is 1. The zero-order chi connectivity index (χ0) is 22.8. The highest BCUT2D eigenvalue weighted by Gasteiger charge is 2.30. The van der Waals surface area contributed by atoms with Gasteiger partial charge in [0.15, 0.2) is 5.65 Å². The smallest absolute Gasteiger partial charge is 0.257 e. The second-order valence-electron chi connectivity index (χ2n) is 8.22. The lowest BCUT2D eigenvalue weighted by Crippen LogP contribution is -2.34. The number of anilines is 1. The number of hydrogen-bond donors (Lipinski definition) is 1. The molecule has 8 nitrogen and oxygen atoms in total. The lowest BCUT2D eigenvalue weighted by molar-refractivity contribution is 0.0783. The van der Waals surface area contributed by atoms with Gasteiger partial charge >= 0.3 is 0 Å². The summed E-state index contributed by atoms with van der Waals surface area (Å²) in [5, 5.41) is 9.29. The van der Waals surface area contributed by atoms with E-state index in [2.05, 4.69) is 34.4 Å². The number of aromatic nitrogens is 3. The Morgan fingerprint density at radius 3 is 2.81 bits per heavy atom. The molecule has 0 aliphatic carbocycles. The quantitative estimate of drug-likeness (QED) is 0.586. The number of hydrogen-bond acceptors (Lipinski definition) is 6. The van der Waals surface area contributed by atoms with Gasteiger partial charge in [0.05, 0.1) is 35.0 Å². The Bertz CT molecular complexity index is 1130. The fourth-order valence-corrected chi connectivity index (χ4v) is 4.42. The van der Waals surface area contributed by atoms with Gasteiger partial charge in [-0.25, -0.2) is 9.67 Å². The number of ether oxygens (including phenoxy) is 1. The van der Waals surface area contributed by atoms with E-state index in [1.165, 1.54) is 0 Å². The van der Waals surface area contributed by atoms with Crippen molar-refractivity contribution in [3.05, 3.63) is 46.7 Å². The summed E-state index contributed by atoms with van der Waals surface area (Å²) in [5.74, 6) is 0.620. The van der Waals surface area contributed by atoms with Gasteiger partial charge in [-0.2, -0.15) is 5.10 Å². The molecular formula is C23H29ClN6O2. The molecule has 3 heterocycles. The maximum absolute atomic E-state index is 13.5. The molecule has 1 saturated heterocycles. The standard InChI is InChI=1S/C23H29ClN6O2/c1-5-30-22-17(13-27-30)21(25-11-15-6-7-20(32-4)19(24)10-15)18(12-26-22)23(31)29-9-8-16(14-29)28(2)3/h6-7,10,12-13,16H,5,8-9,11,14H2,1-4H3,(H,25,26)/t16-/m0/s1. The number of benzene rings is 1. The third-order valence-corrected chi connectivity index (χ3v) is 6.36. The number of aryl methyl sites for hydroxylation is 1. The van der Waals surface area contributed by atoms with Crippen molar-refractivity contribution in [1.29, 1.82) is 0 Å². The fraction of sp³-hybridized carbons (Fsp3) is 0.435. The Morgan fingerprint density at radius 2 is 2.16 bits per heavy atom. The minimum Gasteiger partial charge on any atom is -0.495 e. The van der Waals surface area contributed by atoms with Crippen LogP contribution in [0.4, 0.5) is 5.69 Å². The second-order valence-corrected chi connectivity index (χ2v) is 8.63. The maximum atomic E-state index is 13.5. The molecule has 1 atom stereocenters. The zero-order valence-electron chi connectivity index (χ0n) is 18.9. The molecule has 170 valence electrons. The van der Waals surface area contributed by atoms with Crippen molar-refractivity contribution >= 4 is 34.2 Å². The Hall–Kier alpha value is -2.84. The minimum atomic E-state index is -0.0109. The van der Waals surface area contributed by atoms with Crippen LogP contribution in [0.1, 0.15) is 29.3 Å². The Morgan fingerprint density at radius 1 is 1.34 bits per heavy atom. The van der Waals surface area contributed by atoms with Gasteiger partial charge in [-0.05, 0) is 45.1 Å². The molecular weight excluding hydrogens is 428 g/mol. The summed E-state index contributed by atoms with van der Waals surface area (Å²) in [4.78, 5) is 22.1. The number of carbonyl (C=O) groups excluding carboxylic acids is 1. The van der Waals surface area contributed by atoms with E-state index in [0.717, 1.165) is 35.2 Å². The van der Waals surface area contributed by atoms with Gasteiger partial charge in [-0.1, -0.05) is 17.7 Å². The predicted molar refractivity (Wildman–Crippen MR) is 127 cm³/mol. The molecule has 1 aliphatic heterocycles. The molecule has 1 aromatic carbocycles. The van der Waals surface area contributed by atoms with Gasteiger partial charge in [0.2, 0.25) is 0 Å². The van der Waals surface area contributed by atoms with Gasteiger partial charge in [-0.3, -0.25) is 4.79 Å². The number of carbonyl (C=O) groups is 1. The molecule has 1 fully saturated rings. The fourth-order valence-electron chi connectivity index (χ4n) is 4.14. The van der Waals surface area contributed by atoms with Gasteiger partial charge < -0.3 is 19.9 Å². The highest BCUT2D eigenvalue weighted by Crippen LogP contribution is 2.30. The summed E-state index contributed by atoms with van der Waals surface area (Å²) in [6, 6.07) is 6.03. The highest BCUT2D eigenvalue weighted by atomic mass is 35.5. The van der Waals surface area contributed by atoms with Crippen LogP contribution in [-0.2, 0) is 13.1 Å². The highest BCUT2D eigenvalue weighted by molar-refractivity contribution is 6.32. The van der Waals surface area contributed by atoms with E-state index in [-0.39, 0.29) is 5.91 Å². The van der Waals surface area contributed by atoms with Crippen molar-refractivity contribution in [2.45, 2.75) is 32.5 Å². The summed E-state index contributed by atoms with van der Waals surface area (Å²) in [6.45, 7) is 4.67. The van der Waals surface area contributed by atoms with E-state index in [1.807, 2.05) is 34.7 Å². The molecule has 0 unspecified atom stereocenters. The van der Waals surface area contributed by atoms with Crippen LogP contribution in [0, 0.1) is 0 Å². The number of fused-ring (bicyclic) bond motifs is 1. The van der Waals surface area contributed by atoms with E-state index in [1.54, 1.807) is 19.5 Å². The van der Waals surface area contributed by atoms with Crippen molar-refractivity contribution in [2.75, 3.05) is 39.6 Å². The average molecular weight is 457 g/mol. The number of nitrogens with one attached hydrogen (secondary N) is 1. The molecule has 9 heteroatoms.